The molecule has 1 saturated carbocycles. The van der Waals surface area contributed by atoms with Gasteiger partial charge < -0.3 is 24.3 Å². The summed E-state index contributed by atoms with van der Waals surface area (Å²) < 4.78 is 19.7. The van der Waals surface area contributed by atoms with Crippen LogP contribution in [0.15, 0.2) is 53.7 Å². The first-order chi connectivity index (χ1) is 17.8. The molecule has 36 heavy (non-hydrogen) atoms. The topological polar surface area (TPSA) is 117 Å². The number of benzene rings is 1. The molecule has 10 heteroatoms. The van der Waals surface area contributed by atoms with Crippen molar-refractivity contribution in [3.05, 3.63) is 66.2 Å². The van der Waals surface area contributed by atoms with Crippen molar-refractivity contribution in [3.63, 3.8) is 0 Å². The van der Waals surface area contributed by atoms with Gasteiger partial charge in [-0.15, -0.1) is 0 Å². The van der Waals surface area contributed by atoms with Crippen LogP contribution in [0.2, 0.25) is 0 Å². The Bertz CT molecular complexity index is 1290. The summed E-state index contributed by atoms with van der Waals surface area (Å²) in [4.78, 5) is 10.4. The summed E-state index contributed by atoms with van der Waals surface area (Å²) in [5, 5.41) is 16.3. The van der Waals surface area contributed by atoms with Gasteiger partial charge in [0.15, 0.2) is 5.76 Å². The number of hydrogen-bond acceptors (Lipinski definition) is 8. The van der Waals surface area contributed by atoms with Gasteiger partial charge in [0, 0.05) is 31.1 Å². The zero-order chi connectivity index (χ0) is 24.0. The van der Waals surface area contributed by atoms with Crippen molar-refractivity contribution < 1.29 is 14.0 Å². The number of hydrogen-bond donors (Lipinski definition) is 3. The first kappa shape index (κ1) is 22.2. The van der Waals surface area contributed by atoms with Gasteiger partial charge in [0.2, 0.25) is 0 Å². The first-order valence-electron chi connectivity index (χ1n) is 12.9. The molecule has 3 aliphatic rings. The molecule has 1 aromatic carbocycles. The molecule has 4 aromatic rings. The van der Waals surface area contributed by atoms with Crippen LogP contribution in [0.1, 0.15) is 42.7 Å². The molecule has 3 atom stereocenters. The molecule has 3 fully saturated rings. The molecular weight excluding hydrogens is 458 g/mol. The van der Waals surface area contributed by atoms with Crippen molar-refractivity contribution in [2.24, 2.45) is 5.92 Å². The minimum absolute atomic E-state index is 0.172. The van der Waals surface area contributed by atoms with Crippen LogP contribution >= 0.6 is 0 Å². The minimum atomic E-state index is -0.869. The summed E-state index contributed by atoms with van der Waals surface area (Å²) in [5.74, 6) is 0.969. The van der Waals surface area contributed by atoms with Crippen molar-refractivity contribution in [1.82, 2.24) is 35.5 Å². The van der Waals surface area contributed by atoms with Gasteiger partial charge in [0.1, 0.15) is 17.4 Å². The number of ether oxygens (including phenoxy) is 2. The van der Waals surface area contributed by atoms with Gasteiger partial charge in [-0.1, -0.05) is 30.1 Å². The third kappa shape index (κ3) is 3.08. The van der Waals surface area contributed by atoms with Crippen LogP contribution in [0.5, 0.6) is 0 Å². The number of rotatable bonds is 5. The molecule has 3 unspecified atom stereocenters. The van der Waals surface area contributed by atoms with Crippen LogP contribution < -0.4 is 5.32 Å². The fourth-order valence-electron chi connectivity index (χ4n) is 7.01. The van der Waals surface area contributed by atoms with E-state index < -0.39 is 11.1 Å². The molecule has 0 bridgehead atoms. The predicted octanol–water partition coefficient (Wildman–Crippen LogP) is 2.88. The Labute approximate surface area is 208 Å². The molecule has 0 amide bonds. The average Bonchev–Trinajstić information content (AvgIpc) is 3.75. The largest absolute Gasteiger partial charge is 0.364 e. The van der Waals surface area contributed by atoms with Crippen molar-refractivity contribution in [3.8, 4) is 0 Å². The van der Waals surface area contributed by atoms with Crippen LogP contribution in [-0.2, 0) is 20.6 Å². The van der Waals surface area contributed by atoms with Gasteiger partial charge >= 0.3 is 0 Å². The number of nitrogens with one attached hydrogen (secondary N) is 3. The van der Waals surface area contributed by atoms with Crippen LogP contribution in [0.3, 0.4) is 0 Å². The fraction of sp³-hybridized carbons (Fsp3) is 0.500. The lowest BCUT2D eigenvalue weighted by Gasteiger charge is -2.61. The number of aromatic amines is 2. The minimum Gasteiger partial charge on any atom is -0.364 e. The summed E-state index contributed by atoms with van der Waals surface area (Å²) in [7, 11) is 0. The Morgan fingerprint density at radius 1 is 1.08 bits per heavy atom. The number of morpholine rings is 2. The quantitative estimate of drug-likeness (QED) is 0.392. The van der Waals surface area contributed by atoms with E-state index in [9.17, 15) is 0 Å². The predicted molar refractivity (Wildman–Crippen MR) is 131 cm³/mol. The molecule has 2 aliphatic heterocycles. The Kier molecular flexibility index (Phi) is 5.42. The standard InChI is InChI=1S/C26H31N7O3/c1-2-4-19(3-1)26(22-15-28-17-29-22)25(23-7-8-31-36-23,20-6-5-18-14-30-32-21(18)13-20)33(10-12-35-26)24-16-27-9-11-34-24/h5-8,13-15,17,19,24,27H,1-4,9-12,16H2,(H,28,29)(H,30,32). The molecule has 5 heterocycles. The maximum absolute atomic E-state index is 7.10. The lowest BCUT2D eigenvalue weighted by molar-refractivity contribution is -0.267. The Hall–Kier alpha value is -3.05. The first-order valence-corrected chi connectivity index (χ1v) is 12.9. The van der Waals surface area contributed by atoms with E-state index in [2.05, 4.69) is 53.7 Å². The third-order valence-corrected chi connectivity index (χ3v) is 8.37. The van der Waals surface area contributed by atoms with Crippen LogP contribution in [0, 0.1) is 5.92 Å². The zero-order valence-corrected chi connectivity index (χ0v) is 20.2. The average molecular weight is 490 g/mol. The number of imidazole rings is 1. The second kappa shape index (κ2) is 8.81. The lowest BCUT2D eigenvalue weighted by Crippen LogP contribution is -2.72. The monoisotopic (exact) mass is 489 g/mol. The van der Waals surface area contributed by atoms with Crippen LogP contribution in [-0.4, -0.2) is 69.3 Å². The Morgan fingerprint density at radius 3 is 2.81 bits per heavy atom. The van der Waals surface area contributed by atoms with E-state index in [4.69, 9.17) is 14.0 Å². The smallest absolute Gasteiger partial charge is 0.165 e. The second-order valence-electron chi connectivity index (χ2n) is 10.0. The molecule has 7 rings (SSSR count). The van der Waals surface area contributed by atoms with Gasteiger partial charge in [0.25, 0.3) is 0 Å². The Balaban J connectivity index is 1.57. The molecular formula is C26H31N7O3. The molecule has 0 spiro atoms. The lowest BCUT2D eigenvalue weighted by atomic mass is 9.62. The molecule has 2 saturated heterocycles. The molecule has 0 radical (unpaired) electrons. The summed E-state index contributed by atoms with van der Waals surface area (Å²) in [5.41, 5.74) is 1.29. The van der Waals surface area contributed by atoms with E-state index in [1.54, 1.807) is 12.5 Å². The van der Waals surface area contributed by atoms with E-state index in [0.717, 1.165) is 60.1 Å². The van der Waals surface area contributed by atoms with Gasteiger partial charge in [-0.25, -0.2) is 4.98 Å². The number of H-pyrrole nitrogens is 2. The van der Waals surface area contributed by atoms with Crippen LogP contribution in [0.25, 0.3) is 10.9 Å². The highest BCUT2D eigenvalue weighted by atomic mass is 16.5. The summed E-state index contributed by atoms with van der Waals surface area (Å²) in [6, 6.07) is 8.46. The van der Waals surface area contributed by atoms with Crippen molar-refractivity contribution in [2.45, 2.75) is 43.1 Å². The van der Waals surface area contributed by atoms with Gasteiger partial charge in [-0.05, 0) is 30.4 Å². The number of fused-ring (bicyclic) bond motifs is 1. The van der Waals surface area contributed by atoms with E-state index in [1.807, 2.05) is 18.5 Å². The second-order valence-corrected chi connectivity index (χ2v) is 10.0. The summed E-state index contributed by atoms with van der Waals surface area (Å²) >= 11 is 0. The zero-order valence-electron chi connectivity index (χ0n) is 20.2. The molecule has 188 valence electrons. The number of nitrogens with zero attached hydrogens (tertiary/aromatic N) is 4. The maximum Gasteiger partial charge on any atom is 0.165 e. The Morgan fingerprint density at radius 2 is 2.03 bits per heavy atom. The normalized spacial score (nSPS) is 30.3. The van der Waals surface area contributed by atoms with Crippen molar-refractivity contribution >= 4 is 10.9 Å². The highest BCUT2D eigenvalue weighted by Gasteiger charge is 2.68. The number of aromatic nitrogens is 5. The van der Waals surface area contributed by atoms with E-state index in [1.165, 1.54) is 0 Å². The van der Waals surface area contributed by atoms with Gasteiger partial charge in [-0.3, -0.25) is 10.00 Å². The van der Waals surface area contributed by atoms with E-state index in [-0.39, 0.29) is 12.1 Å². The third-order valence-electron chi connectivity index (χ3n) is 8.37. The summed E-state index contributed by atoms with van der Waals surface area (Å²) in [6.45, 7) is 3.44. The highest BCUT2D eigenvalue weighted by molar-refractivity contribution is 5.79. The van der Waals surface area contributed by atoms with Crippen molar-refractivity contribution in [2.75, 3.05) is 32.8 Å². The SMILES string of the molecule is c1cc(C2(c3ccc4cn[nH]c4c3)N(C3CNCCO3)CCOC2(c2cnc[nH]2)C2CCCC2)on1. The molecule has 1 aliphatic carbocycles. The molecule has 3 N–H and O–H groups in total. The highest BCUT2D eigenvalue weighted by Crippen LogP contribution is 2.60. The molecule has 10 nitrogen and oxygen atoms in total. The van der Waals surface area contributed by atoms with E-state index >= 15 is 0 Å². The molecule has 3 aromatic heterocycles. The van der Waals surface area contributed by atoms with Crippen molar-refractivity contribution in [1.29, 1.82) is 0 Å². The van der Waals surface area contributed by atoms with Crippen LogP contribution in [0.4, 0.5) is 0 Å². The summed E-state index contributed by atoms with van der Waals surface area (Å²) in [6.07, 6.45) is 11.5. The van der Waals surface area contributed by atoms with Gasteiger partial charge in [0.05, 0.1) is 49.3 Å². The van der Waals surface area contributed by atoms with Gasteiger partial charge in [-0.2, -0.15) is 5.10 Å². The fourth-order valence-corrected chi connectivity index (χ4v) is 7.01. The van der Waals surface area contributed by atoms with E-state index in [0.29, 0.717) is 26.3 Å². The maximum atomic E-state index is 7.10.